The maximum atomic E-state index is 12.0. The van der Waals surface area contributed by atoms with Gasteiger partial charge in [-0.2, -0.15) is 0 Å². The maximum absolute atomic E-state index is 12.0. The topological polar surface area (TPSA) is 89.8 Å². The molecule has 0 saturated carbocycles. The summed E-state index contributed by atoms with van der Waals surface area (Å²) in [6, 6.07) is 7.74. The number of nitrogens with one attached hydrogen (secondary N) is 2. The normalized spacial score (nSPS) is 9.81. The van der Waals surface area contributed by atoms with Crippen molar-refractivity contribution in [3.05, 3.63) is 47.9 Å². The Morgan fingerprint density at radius 2 is 1.62 bits per heavy atom. The number of furan rings is 1. The van der Waals surface area contributed by atoms with Crippen molar-refractivity contribution in [1.29, 1.82) is 0 Å². The van der Waals surface area contributed by atoms with Crippen molar-refractivity contribution < 1.29 is 23.5 Å². The van der Waals surface area contributed by atoms with Gasteiger partial charge in [0.05, 0.1) is 20.5 Å². The first-order chi connectivity index (χ1) is 10.1. The summed E-state index contributed by atoms with van der Waals surface area (Å²) >= 11 is 0. The van der Waals surface area contributed by atoms with Crippen molar-refractivity contribution in [2.45, 2.75) is 0 Å². The second-order valence-electron chi connectivity index (χ2n) is 3.99. The van der Waals surface area contributed by atoms with E-state index in [-0.39, 0.29) is 11.3 Å². The predicted molar refractivity (Wildman–Crippen MR) is 73.2 cm³/mol. The van der Waals surface area contributed by atoms with E-state index in [1.807, 2.05) is 0 Å². The van der Waals surface area contributed by atoms with Crippen LogP contribution >= 0.6 is 0 Å². The molecule has 0 atom stereocenters. The summed E-state index contributed by atoms with van der Waals surface area (Å²) in [5.74, 6) is -0.0254. The molecule has 0 aliphatic rings. The summed E-state index contributed by atoms with van der Waals surface area (Å²) < 4.78 is 15.0. The molecule has 0 aliphatic heterocycles. The molecular formula is C14H14N2O5. The highest BCUT2D eigenvalue weighted by atomic mass is 16.5. The van der Waals surface area contributed by atoms with E-state index < -0.39 is 11.8 Å². The number of hydrogen-bond acceptors (Lipinski definition) is 5. The molecular weight excluding hydrogens is 276 g/mol. The Hall–Kier alpha value is -2.96. The first-order valence-corrected chi connectivity index (χ1v) is 6.01. The number of ether oxygens (including phenoxy) is 2. The maximum Gasteiger partial charge on any atom is 0.305 e. The quantitative estimate of drug-likeness (QED) is 0.830. The fraction of sp³-hybridized carbons (Fsp3) is 0.143. The van der Waals surface area contributed by atoms with Gasteiger partial charge in [0.2, 0.25) is 0 Å². The lowest BCUT2D eigenvalue weighted by molar-refractivity contribution is 0.0830. The van der Waals surface area contributed by atoms with Crippen LogP contribution in [0.25, 0.3) is 0 Å². The highest BCUT2D eigenvalue weighted by molar-refractivity contribution is 5.98. The highest BCUT2D eigenvalue weighted by Crippen LogP contribution is 2.22. The van der Waals surface area contributed by atoms with Crippen LogP contribution in [0.4, 0.5) is 0 Å². The number of carbonyl (C=O) groups excluding carboxylic acids is 2. The van der Waals surface area contributed by atoms with Gasteiger partial charge in [-0.25, -0.2) is 0 Å². The van der Waals surface area contributed by atoms with Crippen molar-refractivity contribution in [3.63, 3.8) is 0 Å². The van der Waals surface area contributed by atoms with Crippen LogP contribution in [0.3, 0.4) is 0 Å². The Morgan fingerprint density at radius 1 is 1.00 bits per heavy atom. The lowest BCUT2D eigenvalue weighted by Gasteiger charge is -2.09. The monoisotopic (exact) mass is 290 g/mol. The summed E-state index contributed by atoms with van der Waals surface area (Å²) in [6.45, 7) is 0. The molecule has 0 saturated heterocycles. The zero-order valence-electron chi connectivity index (χ0n) is 11.5. The van der Waals surface area contributed by atoms with E-state index >= 15 is 0 Å². The minimum Gasteiger partial charge on any atom is -0.497 e. The molecule has 0 unspecified atom stereocenters. The molecule has 0 bridgehead atoms. The summed E-state index contributed by atoms with van der Waals surface area (Å²) in [6.07, 6.45) is 1.36. The molecule has 2 rings (SSSR count). The average Bonchev–Trinajstić information content (AvgIpc) is 3.06. The minimum atomic E-state index is -0.553. The van der Waals surface area contributed by atoms with Gasteiger partial charge in [-0.1, -0.05) is 0 Å². The molecule has 7 nitrogen and oxygen atoms in total. The van der Waals surface area contributed by atoms with E-state index in [0.717, 1.165) is 0 Å². The van der Waals surface area contributed by atoms with Crippen molar-refractivity contribution in [2.24, 2.45) is 0 Å². The first kappa shape index (κ1) is 14.4. The van der Waals surface area contributed by atoms with Gasteiger partial charge in [-0.05, 0) is 24.3 Å². The third kappa shape index (κ3) is 3.53. The summed E-state index contributed by atoms with van der Waals surface area (Å²) in [4.78, 5) is 23.6. The molecule has 1 heterocycles. The number of benzene rings is 1. The predicted octanol–water partition coefficient (Wildman–Crippen LogP) is 1.37. The van der Waals surface area contributed by atoms with Gasteiger partial charge >= 0.3 is 5.91 Å². The number of amides is 2. The second kappa shape index (κ2) is 6.47. The standard InChI is InChI=1S/C14H14N2O5/c1-19-10-6-9(7-11(8-10)20-2)13(17)15-16-14(18)12-4-3-5-21-12/h3-8H,1-2H3,(H,15,17)(H,16,18). The van der Waals surface area contributed by atoms with E-state index in [2.05, 4.69) is 10.9 Å². The average molecular weight is 290 g/mol. The van der Waals surface area contributed by atoms with Crippen molar-refractivity contribution >= 4 is 11.8 Å². The van der Waals surface area contributed by atoms with Gasteiger partial charge in [0.15, 0.2) is 5.76 Å². The number of hydrazine groups is 1. The molecule has 0 fully saturated rings. The van der Waals surface area contributed by atoms with Crippen LogP contribution < -0.4 is 20.3 Å². The Morgan fingerprint density at radius 3 is 2.14 bits per heavy atom. The molecule has 0 radical (unpaired) electrons. The Labute approximate surface area is 120 Å². The molecule has 0 spiro atoms. The van der Waals surface area contributed by atoms with Gasteiger partial charge in [-0.15, -0.1) is 0 Å². The van der Waals surface area contributed by atoms with Crippen LogP contribution in [-0.2, 0) is 0 Å². The van der Waals surface area contributed by atoms with Crippen LogP contribution in [0.15, 0.2) is 41.0 Å². The summed E-state index contributed by atoms with van der Waals surface area (Å²) in [5.41, 5.74) is 4.81. The van der Waals surface area contributed by atoms with Gasteiger partial charge in [0.25, 0.3) is 5.91 Å². The van der Waals surface area contributed by atoms with Crippen molar-refractivity contribution in [1.82, 2.24) is 10.9 Å². The molecule has 21 heavy (non-hydrogen) atoms. The molecule has 110 valence electrons. The van der Waals surface area contributed by atoms with E-state index in [1.165, 1.54) is 38.7 Å². The number of rotatable bonds is 4. The van der Waals surface area contributed by atoms with Crippen molar-refractivity contribution in [2.75, 3.05) is 14.2 Å². The molecule has 1 aromatic carbocycles. The highest BCUT2D eigenvalue weighted by Gasteiger charge is 2.13. The SMILES string of the molecule is COc1cc(OC)cc(C(=O)NNC(=O)c2ccco2)c1. The fourth-order valence-corrected chi connectivity index (χ4v) is 1.59. The lowest BCUT2D eigenvalue weighted by Crippen LogP contribution is -2.41. The molecule has 2 amide bonds. The van der Waals surface area contributed by atoms with Gasteiger partial charge in [-0.3, -0.25) is 20.4 Å². The Balaban J connectivity index is 2.04. The van der Waals surface area contributed by atoms with E-state index in [4.69, 9.17) is 13.9 Å². The van der Waals surface area contributed by atoms with E-state index in [9.17, 15) is 9.59 Å². The second-order valence-corrected chi connectivity index (χ2v) is 3.99. The van der Waals surface area contributed by atoms with Crippen LogP contribution in [0.2, 0.25) is 0 Å². The van der Waals surface area contributed by atoms with Crippen LogP contribution in [-0.4, -0.2) is 26.0 Å². The molecule has 2 N–H and O–H groups in total. The summed E-state index contributed by atoms with van der Waals surface area (Å²) in [7, 11) is 2.96. The zero-order valence-corrected chi connectivity index (χ0v) is 11.5. The molecule has 2 aromatic rings. The van der Waals surface area contributed by atoms with Gasteiger partial charge < -0.3 is 13.9 Å². The third-order valence-corrected chi connectivity index (χ3v) is 2.65. The zero-order chi connectivity index (χ0) is 15.2. The van der Waals surface area contributed by atoms with E-state index in [1.54, 1.807) is 12.1 Å². The number of hydrogen-bond donors (Lipinski definition) is 2. The molecule has 7 heteroatoms. The Kier molecular flexibility index (Phi) is 4.45. The third-order valence-electron chi connectivity index (χ3n) is 2.65. The fourth-order valence-electron chi connectivity index (χ4n) is 1.59. The minimum absolute atomic E-state index is 0.0959. The van der Waals surface area contributed by atoms with Crippen LogP contribution in [0.1, 0.15) is 20.9 Å². The smallest absolute Gasteiger partial charge is 0.305 e. The van der Waals surface area contributed by atoms with Crippen molar-refractivity contribution in [3.8, 4) is 11.5 Å². The van der Waals surface area contributed by atoms with Gasteiger partial charge in [0.1, 0.15) is 11.5 Å². The molecule has 1 aromatic heterocycles. The van der Waals surface area contributed by atoms with Crippen LogP contribution in [0, 0.1) is 0 Å². The first-order valence-electron chi connectivity index (χ1n) is 6.01. The van der Waals surface area contributed by atoms with E-state index in [0.29, 0.717) is 11.5 Å². The number of methoxy groups -OCH3 is 2. The van der Waals surface area contributed by atoms with Crippen LogP contribution in [0.5, 0.6) is 11.5 Å². The lowest BCUT2D eigenvalue weighted by atomic mass is 10.2. The van der Waals surface area contributed by atoms with Gasteiger partial charge in [0, 0.05) is 11.6 Å². The number of carbonyl (C=O) groups is 2. The molecule has 0 aliphatic carbocycles. The largest absolute Gasteiger partial charge is 0.497 e. The Bertz CT molecular complexity index is 615. The summed E-state index contributed by atoms with van der Waals surface area (Å²) in [5, 5.41) is 0.